The molecule has 0 radical (unpaired) electrons. The summed E-state index contributed by atoms with van der Waals surface area (Å²) in [5, 5.41) is 3.33. The molecule has 1 heterocycles. The Labute approximate surface area is 187 Å². The first kappa shape index (κ1) is 21.9. The predicted molar refractivity (Wildman–Crippen MR) is 122 cm³/mol. The summed E-state index contributed by atoms with van der Waals surface area (Å²) in [6.45, 7) is 2.94. The van der Waals surface area contributed by atoms with Gasteiger partial charge in [0.1, 0.15) is 0 Å². The predicted octanol–water partition coefficient (Wildman–Crippen LogP) is 5.57. The molecule has 4 nitrogen and oxygen atoms in total. The van der Waals surface area contributed by atoms with Crippen molar-refractivity contribution in [3.63, 3.8) is 0 Å². The van der Waals surface area contributed by atoms with Crippen molar-refractivity contribution in [2.24, 2.45) is 4.99 Å². The molecule has 1 aliphatic rings. The SMILES string of the molecule is CN(C(=O)Cc1ccc(Cl)c(Cl)c1)[C@@H](CN1CCCC1)c1ccc(N=C=S)cc1. The molecule has 7 heteroatoms. The number of carbonyl (C=O) groups is 1. The third-order valence-electron chi connectivity index (χ3n) is 5.28. The van der Waals surface area contributed by atoms with E-state index in [1.54, 1.807) is 12.1 Å². The molecule has 1 atom stereocenters. The number of hydrogen-bond donors (Lipinski definition) is 0. The summed E-state index contributed by atoms with van der Waals surface area (Å²) in [5.74, 6) is 0.0357. The zero-order chi connectivity index (χ0) is 20.8. The molecule has 0 saturated carbocycles. The zero-order valence-electron chi connectivity index (χ0n) is 16.3. The van der Waals surface area contributed by atoms with Crippen molar-refractivity contribution in [2.75, 3.05) is 26.7 Å². The third kappa shape index (κ3) is 5.88. The molecule has 0 aromatic heterocycles. The van der Waals surface area contributed by atoms with Crippen LogP contribution in [0.3, 0.4) is 0 Å². The van der Waals surface area contributed by atoms with E-state index in [0.29, 0.717) is 10.0 Å². The standard InChI is InChI=1S/C22H23Cl2N3OS/c1-26(22(28)13-16-4-9-19(23)20(24)12-16)21(14-27-10-2-3-11-27)17-5-7-18(8-6-17)25-15-29/h4-9,12,21H,2-3,10-11,13-14H2,1H3/t21-/m0/s1. The van der Waals surface area contributed by atoms with Gasteiger partial charge in [0.15, 0.2) is 0 Å². The van der Waals surface area contributed by atoms with Crippen LogP contribution >= 0.6 is 35.4 Å². The highest BCUT2D eigenvalue weighted by Gasteiger charge is 2.25. The van der Waals surface area contributed by atoms with Gasteiger partial charge in [-0.3, -0.25) is 4.79 Å². The number of amides is 1. The molecule has 0 bridgehead atoms. The highest BCUT2D eigenvalue weighted by Crippen LogP contribution is 2.27. The maximum absolute atomic E-state index is 13.1. The summed E-state index contributed by atoms with van der Waals surface area (Å²) < 4.78 is 0. The van der Waals surface area contributed by atoms with E-state index in [2.05, 4.69) is 27.3 Å². The number of hydrogen-bond acceptors (Lipinski definition) is 4. The lowest BCUT2D eigenvalue weighted by molar-refractivity contribution is -0.131. The first-order valence-corrected chi connectivity index (χ1v) is 10.7. The second kappa shape index (κ2) is 10.3. The zero-order valence-corrected chi connectivity index (χ0v) is 18.6. The molecule has 2 aromatic carbocycles. The van der Waals surface area contributed by atoms with Gasteiger partial charge in [-0.05, 0) is 73.5 Å². The molecule has 29 heavy (non-hydrogen) atoms. The Morgan fingerprint density at radius 3 is 2.48 bits per heavy atom. The number of thiocarbonyl (C=S) groups is 1. The van der Waals surface area contributed by atoms with E-state index in [1.807, 2.05) is 42.3 Å². The number of halogens is 2. The normalized spacial score (nSPS) is 15.0. The van der Waals surface area contributed by atoms with Crippen molar-refractivity contribution in [1.82, 2.24) is 9.80 Å². The minimum absolute atomic E-state index is 0.0357. The fourth-order valence-corrected chi connectivity index (χ4v) is 4.03. The third-order valence-corrected chi connectivity index (χ3v) is 6.11. The van der Waals surface area contributed by atoms with Gasteiger partial charge in [-0.25, -0.2) is 0 Å². The minimum Gasteiger partial charge on any atom is -0.337 e. The van der Waals surface area contributed by atoms with Gasteiger partial charge >= 0.3 is 0 Å². The summed E-state index contributed by atoms with van der Waals surface area (Å²) in [6.07, 6.45) is 2.68. The average molecular weight is 448 g/mol. The molecule has 1 amide bonds. The van der Waals surface area contributed by atoms with Crippen LogP contribution in [-0.4, -0.2) is 47.6 Å². The lowest BCUT2D eigenvalue weighted by atomic mass is 10.0. The van der Waals surface area contributed by atoms with E-state index in [-0.39, 0.29) is 18.4 Å². The Morgan fingerprint density at radius 2 is 1.86 bits per heavy atom. The number of nitrogens with zero attached hydrogens (tertiary/aromatic N) is 3. The van der Waals surface area contributed by atoms with Crippen LogP contribution in [0.15, 0.2) is 47.5 Å². The van der Waals surface area contributed by atoms with Crippen molar-refractivity contribution in [1.29, 1.82) is 0 Å². The van der Waals surface area contributed by atoms with Gasteiger partial charge in [-0.1, -0.05) is 41.4 Å². The first-order valence-electron chi connectivity index (χ1n) is 9.57. The minimum atomic E-state index is -0.0473. The van der Waals surface area contributed by atoms with E-state index in [0.717, 1.165) is 36.4 Å². The van der Waals surface area contributed by atoms with Crippen molar-refractivity contribution < 1.29 is 4.79 Å². The number of carbonyl (C=O) groups excluding carboxylic acids is 1. The number of likely N-dealkylation sites (N-methyl/N-ethyl adjacent to an activating group) is 1. The molecular weight excluding hydrogens is 425 g/mol. The van der Waals surface area contributed by atoms with Crippen LogP contribution < -0.4 is 0 Å². The fraction of sp³-hybridized carbons (Fsp3) is 0.364. The van der Waals surface area contributed by atoms with Gasteiger partial charge in [0.25, 0.3) is 0 Å². The van der Waals surface area contributed by atoms with E-state index in [4.69, 9.17) is 23.2 Å². The Morgan fingerprint density at radius 1 is 1.17 bits per heavy atom. The molecule has 1 saturated heterocycles. The summed E-state index contributed by atoms with van der Waals surface area (Å²) in [7, 11) is 1.86. The first-order chi connectivity index (χ1) is 14.0. The van der Waals surface area contributed by atoms with Crippen LogP contribution in [0.1, 0.15) is 30.0 Å². The van der Waals surface area contributed by atoms with Crippen molar-refractivity contribution in [2.45, 2.75) is 25.3 Å². The van der Waals surface area contributed by atoms with E-state index in [1.165, 1.54) is 12.8 Å². The van der Waals surface area contributed by atoms with Crippen LogP contribution in [0.5, 0.6) is 0 Å². The van der Waals surface area contributed by atoms with Crippen LogP contribution in [0.25, 0.3) is 0 Å². The molecule has 1 fully saturated rings. The quantitative estimate of drug-likeness (QED) is 0.411. The van der Waals surface area contributed by atoms with Crippen LogP contribution in [-0.2, 0) is 11.2 Å². The Hall–Kier alpha value is -1.75. The van der Waals surface area contributed by atoms with Gasteiger partial charge in [-0.15, -0.1) is 0 Å². The summed E-state index contributed by atoms with van der Waals surface area (Å²) in [4.78, 5) is 21.3. The van der Waals surface area contributed by atoms with Crippen LogP contribution in [0, 0.1) is 0 Å². The van der Waals surface area contributed by atoms with Gasteiger partial charge in [0.05, 0.1) is 33.4 Å². The molecule has 1 aliphatic heterocycles. The van der Waals surface area contributed by atoms with E-state index in [9.17, 15) is 4.79 Å². The topological polar surface area (TPSA) is 35.9 Å². The second-order valence-corrected chi connectivity index (χ2v) is 8.24. The maximum atomic E-state index is 13.1. The molecule has 0 N–H and O–H groups in total. The average Bonchev–Trinajstić information content (AvgIpc) is 3.23. The largest absolute Gasteiger partial charge is 0.337 e. The lowest BCUT2D eigenvalue weighted by Gasteiger charge is -2.32. The van der Waals surface area contributed by atoms with Gasteiger partial charge in [-0.2, -0.15) is 4.99 Å². The van der Waals surface area contributed by atoms with E-state index >= 15 is 0 Å². The van der Waals surface area contributed by atoms with E-state index < -0.39 is 0 Å². The smallest absolute Gasteiger partial charge is 0.227 e. The summed E-state index contributed by atoms with van der Waals surface area (Å²) in [6, 6.07) is 13.1. The molecule has 0 aliphatic carbocycles. The Balaban J connectivity index is 1.80. The Bertz CT molecular complexity index is 907. The number of benzene rings is 2. The molecule has 3 rings (SSSR count). The van der Waals surface area contributed by atoms with Gasteiger partial charge in [0.2, 0.25) is 5.91 Å². The summed E-state index contributed by atoms with van der Waals surface area (Å²) in [5.41, 5.74) is 2.68. The number of aliphatic imine (C=N–C) groups is 1. The molecule has 0 spiro atoms. The van der Waals surface area contributed by atoms with Crippen molar-refractivity contribution in [3.05, 3.63) is 63.6 Å². The number of likely N-dealkylation sites (tertiary alicyclic amines) is 1. The van der Waals surface area contributed by atoms with Gasteiger partial charge in [0, 0.05) is 13.6 Å². The molecular formula is C22H23Cl2N3OS. The molecule has 152 valence electrons. The molecule has 2 aromatic rings. The summed E-state index contributed by atoms with van der Waals surface area (Å²) >= 11 is 16.8. The number of rotatable bonds is 7. The second-order valence-electron chi connectivity index (χ2n) is 7.25. The van der Waals surface area contributed by atoms with Crippen LogP contribution in [0.4, 0.5) is 5.69 Å². The maximum Gasteiger partial charge on any atom is 0.227 e. The van der Waals surface area contributed by atoms with Gasteiger partial charge < -0.3 is 9.80 Å². The number of isothiocyanates is 1. The van der Waals surface area contributed by atoms with Crippen molar-refractivity contribution >= 4 is 52.2 Å². The van der Waals surface area contributed by atoms with Crippen molar-refractivity contribution in [3.8, 4) is 0 Å². The lowest BCUT2D eigenvalue weighted by Crippen LogP contribution is -2.39. The fourth-order valence-electron chi connectivity index (χ4n) is 3.61. The molecule has 0 unspecified atom stereocenters. The van der Waals surface area contributed by atoms with Crippen LogP contribution in [0.2, 0.25) is 10.0 Å². The highest BCUT2D eigenvalue weighted by atomic mass is 35.5. The highest BCUT2D eigenvalue weighted by molar-refractivity contribution is 7.78. The monoisotopic (exact) mass is 447 g/mol. The Kier molecular flexibility index (Phi) is 7.82.